The Balaban J connectivity index is 1.82. The highest BCUT2D eigenvalue weighted by Gasteiger charge is 2.23. The zero-order valence-corrected chi connectivity index (χ0v) is 15.3. The molecule has 0 amide bonds. The quantitative estimate of drug-likeness (QED) is 0.490. The Bertz CT molecular complexity index is 971. The molecule has 0 aliphatic heterocycles. The van der Waals surface area contributed by atoms with E-state index in [-0.39, 0.29) is 5.56 Å². The summed E-state index contributed by atoms with van der Waals surface area (Å²) in [5.74, 6) is -1.31. The minimum Gasteiger partial charge on any atom is -0.305 e. The highest BCUT2D eigenvalue weighted by molar-refractivity contribution is 8.00. The van der Waals surface area contributed by atoms with E-state index < -0.39 is 22.7 Å². The monoisotopic (exact) mass is 373 g/mol. The molecular weight excluding hydrogens is 356 g/mol. The Kier molecular flexibility index (Phi) is 5.18. The SMILES string of the molecule is Cc1cccc(-c2nnc(SC(C)C(=O)c3ccc(F)cc3F)n2C)c1. The van der Waals surface area contributed by atoms with E-state index in [4.69, 9.17) is 0 Å². The summed E-state index contributed by atoms with van der Waals surface area (Å²) in [4.78, 5) is 12.5. The number of hydrogen-bond acceptors (Lipinski definition) is 4. The number of nitrogens with zero attached hydrogens (tertiary/aromatic N) is 3. The van der Waals surface area contributed by atoms with Crippen molar-refractivity contribution in [2.45, 2.75) is 24.3 Å². The highest BCUT2D eigenvalue weighted by Crippen LogP contribution is 2.28. The van der Waals surface area contributed by atoms with E-state index in [9.17, 15) is 13.6 Å². The van der Waals surface area contributed by atoms with Gasteiger partial charge in [-0.25, -0.2) is 8.78 Å². The molecule has 1 unspecified atom stereocenters. The number of Topliss-reactive ketones (excluding diaryl/α,β-unsaturated/α-hetero) is 1. The zero-order valence-electron chi connectivity index (χ0n) is 14.5. The number of halogens is 2. The summed E-state index contributed by atoms with van der Waals surface area (Å²) in [6.07, 6.45) is 0. The number of thioether (sulfide) groups is 1. The van der Waals surface area contributed by atoms with Crippen LogP contribution in [0, 0.1) is 18.6 Å². The van der Waals surface area contributed by atoms with Gasteiger partial charge in [-0.3, -0.25) is 4.79 Å². The fourth-order valence-electron chi connectivity index (χ4n) is 2.57. The molecule has 0 fully saturated rings. The molecule has 2 aromatic carbocycles. The third kappa shape index (κ3) is 3.67. The van der Waals surface area contributed by atoms with Crippen LogP contribution in [0.25, 0.3) is 11.4 Å². The first-order chi connectivity index (χ1) is 12.4. The van der Waals surface area contributed by atoms with Gasteiger partial charge in [0, 0.05) is 18.7 Å². The molecule has 0 aliphatic carbocycles. The molecule has 3 aromatic rings. The summed E-state index contributed by atoms with van der Waals surface area (Å²) in [6.45, 7) is 3.66. The standard InChI is InChI=1S/C19H17F2N3OS/c1-11-5-4-6-13(9-11)18-22-23-19(24(18)3)26-12(2)17(25)15-8-7-14(20)10-16(15)21/h4-10,12H,1-3H3. The topological polar surface area (TPSA) is 47.8 Å². The predicted octanol–water partition coefficient (Wildman–Crippen LogP) is 4.43. The van der Waals surface area contributed by atoms with Gasteiger partial charge in [0.15, 0.2) is 16.8 Å². The summed E-state index contributed by atoms with van der Waals surface area (Å²) < 4.78 is 28.7. The number of carbonyl (C=O) groups excluding carboxylic acids is 1. The van der Waals surface area contributed by atoms with E-state index in [1.165, 1.54) is 17.8 Å². The molecule has 1 aromatic heterocycles. The van der Waals surface area contributed by atoms with Gasteiger partial charge >= 0.3 is 0 Å². The van der Waals surface area contributed by atoms with Crippen LogP contribution in [0.2, 0.25) is 0 Å². The van der Waals surface area contributed by atoms with Crippen molar-refractivity contribution in [2.75, 3.05) is 0 Å². The molecular formula is C19H17F2N3OS. The Labute approximate surface area is 154 Å². The van der Waals surface area contributed by atoms with Gasteiger partial charge in [-0.1, -0.05) is 35.5 Å². The fraction of sp³-hybridized carbons (Fsp3) is 0.211. The van der Waals surface area contributed by atoms with Gasteiger partial charge in [0.1, 0.15) is 11.6 Å². The number of aryl methyl sites for hydroxylation is 1. The Morgan fingerprint density at radius 2 is 1.92 bits per heavy atom. The minimum absolute atomic E-state index is 0.132. The molecule has 3 rings (SSSR count). The van der Waals surface area contributed by atoms with Crippen LogP contribution in [-0.2, 0) is 7.05 Å². The number of carbonyl (C=O) groups is 1. The molecule has 0 radical (unpaired) electrons. The molecule has 134 valence electrons. The third-order valence-corrected chi connectivity index (χ3v) is 5.09. The zero-order chi connectivity index (χ0) is 18.8. The van der Waals surface area contributed by atoms with Crippen molar-refractivity contribution in [3.8, 4) is 11.4 Å². The van der Waals surface area contributed by atoms with Gasteiger partial charge in [0.05, 0.1) is 10.8 Å². The summed E-state index contributed by atoms with van der Waals surface area (Å²) in [7, 11) is 1.82. The molecule has 0 saturated carbocycles. The van der Waals surface area contributed by atoms with Gasteiger partial charge in [0.2, 0.25) is 0 Å². The van der Waals surface area contributed by atoms with Crippen LogP contribution in [0.15, 0.2) is 47.6 Å². The number of benzene rings is 2. The smallest absolute Gasteiger partial charge is 0.191 e. The Hall–Kier alpha value is -2.54. The van der Waals surface area contributed by atoms with Gasteiger partial charge in [-0.2, -0.15) is 0 Å². The molecule has 1 heterocycles. The van der Waals surface area contributed by atoms with Crippen molar-refractivity contribution in [3.63, 3.8) is 0 Å². The van der Waals surface area contributed by atoms with E-state index in [1.54, 1.807) is 11.5 Å². The number of ketones is 1. The van der Waals surface area contributed by atoms with E-state index in [0.717, 1.165) is 17.2 Å². The number of hydrogen-bond donors (Lipinski definition) is 0. The third-order valence-electron chi connectivity index (χ3n) is 3.96. The first kappa shape index (κ1) is 18.3. The lowest BCUT2D eigenvalue weighted by Crippen LogP contribution is -2.16. The van der Waals surface area contributed by atoms with E-state index in [2.05, 4.69) is 10.2 Å². The fourth-order valence-corrected chi connectivity index (χ4v) is 3.46. The molecule has 7 heteroatoms. The van der Waals surface area contributed by atoms with Crippen LogP contribution in [0.5, 0.6) is 0 Å². The van der Waals surface area contributed by atoms with E-state index in [0.29, 0.717) is 17.0 Å². The molecule has 4 nitrogen and oxygen atoms in total. The lowest BCUT2D eigenvalue weighted by molar-refractivity contribution is 0.0990. The van der Waals surface area contributed by atoms with Crippen LogP contribution < -0.4 is 0 Å². The molecule has 0 saturated heterocycles. The molecule has 0 bridgehead atoms. The second-order valence-corrected chi connectivity index (χ2v) is 7.29. The van der Waals surface area contributed by atoms with Crippen LogP contribution in [0.4, 0.5) is 8.78 Å². The Morgan fingerprint density at radius 3 is 2.62 bits per heavy atom. The van der Waals surface area contributed by atoms with Gasteiger partial charge in [-0.15, -0.1) is 10.2 Å². The van der Waals surface area contributed by atoms with Gasteiger partial charge in [0.25, 0.3) is 0 Å². The molecule has 0 spiro atoms. The first-order valence-electron chi connectivity index (χ1n) is 7.99. The second kappa shape index (κ2) is 7.37. The van der Waals surface area contributed by atoms with Crippen molar-refractivity contribution in [2.24, 2.45) is 7.05 Å². The molecule has 0 aliphatic rings. The van der Waals surface area contributed by atoms with Crippen molar-refractivity contribution in [1.29, 1.82) is 0 Å². The summed E-state index contributed by atoms with van der Waals surface area (Å²) in [6, 6.07) is 10.8. The lowest BCUT2D eigenvalue weighted by atomic mass is 10.1. The van der Waals surface area contributed by atoms with Crippen molar-refractivity contribution in [1.82, 2.24) is 14.8 Å². The normalized spacial score (nSPS) is 12.2. The summed E-state index contributed by atoms with van der Waals surface area (Å²) in [5, 5.41) is 8.29. The van der Waals surface area contributed by atoms with Crippen molar-refractivity contribution in [3.05, 3.63) is 65.2 Å². The van der Waals surface area contributed by atoms with Crippen LogP contribution in [0.3, 0.4) is 0 Å². The van der Waals surface area contributed by atoms with Crippen molar-refractivity contribution >= 4 is 17.5 Å². The van der Waals surface area contributed by atoms with E-state index >= 15 is 0 Å². The molecule has 1 atom stereocenters. The maximum absolute atomic E-state index is 13.8. The maximum Gasteiger partial charge on any atom is 0.191 e. The minimum atomic E-state index is -0.860. The first-order valence-corrected chi connectivity index (χ1v) is 8.87. The van der Waals surface area contributed by atoms with E-state index in [1.807, 2.05) is 38.2 Å². The lowest BCUT2D eigenvalue weighted by Gasteiger charge is -2.11. The van der Waals surface area contributed by atoms with Crippen LogP contribution in [-0.4, -0.2) is 25.8 Å². The summed E-state index contributed by atoms with van der Waals surface area (Å²) in [5.41, 5.74) is 1.90. The van der Waals surface area contributed by atoms with Crippen LogP contribution >= 0.6 is 11.8 Å². The molecule has 26 heavy (non-hydrogen) atoms. The number of rotatable bonds is 5. The largest absolute Gasteiger partial charge is 0.305 e. The average Bonchev–Trinajstić information content (AvgIpc) is 2.95. The summed E-state index contributed by atoms with van der Waals surface area (Å²) >= 11 is 1.19. The van der Waals surface area contributed by atoms with Crippen LogP contribution in [0.1, 0.15) is 22.8 Å². The molecule has 0 N–H and O–H groups in total. The maximum atomic E-state index is 13.8. The Morgan fingerprint density at radius 1 is 1.15 bits per heavy atom. The van der Waals surface area contributed by atoms with Gasteiger partial charge in [-0.05, 0) is 32.0 Å². The van der Waals surface area contributed by atoms with Crippen molar-refractivity contribution < 1.29 is 13.6 Å². The van der Waals surface area contributed by atoms with Gasteiger partial charge < -0.3 is 4.57 Å². The predicted molar refractivity (Wildman–Crippen MR) is 97.2 cm³/mol. The second-order valence-electron chi connectivity index (χ2n) is 5.98. The number of aromatic nitrogens is 3. The highest BCUT2D eigenvalue weighted by atomic mass is 32.2. The average molecular weight is 373 g/mol.